The second kappa shape index (κ2) is 9.94. The average molecular weight is 398 g/mol. The maximum Gasteiger partial charge on any atom is 0.262 e. The van der Waals surface area contributed by atoms with Gasteiger partial charge in [-0.15, -0.1) is 0 Å². The zero-order valence-electron chi connectivity index (χ0n) is 15.3. The highest BCUT2D eigenvalue weighted by Crippen LogP contribution is 2.20. The molecule has 8 heteroatoms. The van der Waals surface area contributed by atoms with Crippen LogP contribution in [0, 0.1) is 0 Å². The van der Waals surface area contributed by atoms with Crippen LogP contribution in [0.5, 0.6) is 0 Å². The van der Waals surface area contributed by atoms with Crippen LogP contribution in [0.25, 0.3) is 10.9 Å². The molecule has 2 rings (SSSR count). The van der Waals surface area contributed by atoms with Crippen molar-refractivity contribution in [1.82, 2.24) is 14.9 Å². The number of halogens is 1. The summed E-state index contributed by atoms with van der Waals surface area (Å²) in [7, 11) is 1.58. The van der Waals surface area contributed by atoms with Crippen molar-refractivity contribution in [2.75, 3.05) is 19.5 Å². The molecule has 0 aliphatic carbocycles. The Morgan fingerprint density at radius 1 is 1.46 bits per heavy atom. The number of thioether (sulfide) groups is 1. The van der Waals surface area contributed by atoms with Gasteiger partial charge in [0.2, 0.25) is 5.91 Å². The Bertz CT molecular complexity index is 825. The lowest BCUT2D eigenvalue weighted by molar-refractivity contribution is -0.119. The molecule has 1 N–H and O–H groups in total. The van der Waals surface area contributed by atoms with E-state index < -0.39 is 0 Å². The number of fused-ring (bicyclic) bond motifs is 1. The monoisotopic (exact) mass is 397 g/mol. The second-order valence-electron chi connectivity index (χ2n) is 6.05. The van der Waals surface area contributed by atoms with Crippen molar-refractivity contribution in [1.29, 1.82) is 0 Å². The first-order chi connectivity index (χ1) is 12.5. The highest BCUT2D eigenvalue weighted by Gasteiger charge is 2.14. The molecule has 0 fully saturated rings. The number of benzene rings is 1. The molecule has 1 aromatic heterocycles. The maximum absolute atomic E-state index is 12.8. The van der Waals surface area contributed by atoms with E-state index in [0.717, 1.165) is 12.8 Å². The van der Waals surface area contributed by atoms with Crippen LogP contribution in [-0.4, -0.2) is 41.0 Å². The van der Waals surface area contributed by atoms with E-state index in [9.17, 15) is 9.59 Å². The fourth-order valence-electron chi connectivity index (χ4n) is 2.62. The van der Waals surface area contributed by atoms with Crippen LogP contribution in [0.3, 0.4) is 0 Å². The zero-order chi connectivity index (χ0) is 19.1. The molecule has 142 valence electrons. The highest BCUT2D eigenvalue weighted by atomic mass is 35.5. The summed E-state index contributed by atoms with van der Waals surface area (Å²) in [6, 6.07) is 5.13. The highest BCUT2D eigenvalue weighted by molar-refractivity contribution is 7.99. The lowest BCUT2D eigenvalue weighted by atomic mass is 10.2. The van der Waals surface area contributed by atoms with Gasteiger partial charge >= 0.3 is 0 Å². The Morgan fingerprint density at radius 3 is 2.92 bits per heavy atom. The van der Waals surface area contributed by atoms with Gasteiger partial charge in [0.1, 0.15) is 0 Å². The first-order valence-electron chi connectivity index (χ1n) is 8.57. The van der Waals surface area contributed by atoms with Gasteiger partial charge in [-0.25, -0.2) is 4.98 Å². The maximum atomic E-state index is 12.8. The fraction of sp³-hybridized carbons (Fsp3) is 0.500. The fourth-order valence-corrected chi connectivity index (χ4v) is 3.62. The topological polar surface area (TPSA) is 73.2 Å². The standard InChI is InChI=1S/C18H24ClN3O3S/c1-4-5-12(2)20-16(23)11-26-18-21-15-10-13(19)6-7-14(15)17(24)22(18)8-9-25-3/h6-7,10,12H,4-5,8-9,11H2,1-3H3,(H,20,23). The minimum absolute atomic E-state index is 0.0744. The lowest BCUT2D eigenvalue weighted by Gasteiger charge is -2.14. The molecular formula is C18H24ClN3O3S. The van der Waals surface area contributed by atoms with Gasteiger partial charge in [-0.2, -0.15) is 0 Å². The van der Waals surface area contributed by atoms with Gasteiger partial charge in [0.25, 0.3) is 5.56 Å². The van der Waals surface area contributed by atoms with E-state index in [2.05, 4.69) is 17.2 Å². The third-order valence-electron chi connectivity index (χ3n) is 3.86. The molecular weight excluding hydrogens is 374 g/mol. The molecule has 1 amide bonds. The molecule has 0 saturated heterocycles. The molecule has 0 bridgehead atoms. The largest absolute Gasteiger partial charge is 0.383 e. The summed E-state index contributed by atoms with van der Waals surface area (Å²) >= 11 is 7.26. The van der Waals surface area contributed by atoms with Crippen molar-refractivity contribution in [3.63, 3.8) is 0 Å². The van der Waals surface area contributed by atoms with Crippen LogP contribution < -0.4 is 10.9 Å². The van der Waals surface area contributed by atoms with E-state index >= 15 is 0 Å². The van der Waals surface area contributed by atoms with Crippen LogP contribution in [0.2, 0.25) is 5.02 Å². The summed E-state index contributed by atoms with van der Waals surface area (Å²) in [5, 5.41) is 4.45. The number of methoxy groups -OCH3 is 1. The van der Waals surface area contributed by atoms with Crippen molar-refractivity contribution < 1.29 is 9.53 Å². The van der Waals surface area contributed by atoms with Crippen LogP contribution in [-0.2, 0) is 16.1 Å². The number of amides is 1. The first-order valence-corrected chi connectivity index (χ1v) is 9.93. The number of hydrogen-bond acceptors (Lipinski definition) is 5. The number of rotatable bonds is 9. The molecule has 26 heavy (non-hydrogen) atoms. The molecule has 1 unspecified atom stereocenters. The van der Waals surface area contributed by atoms with Crippen LogP contribution >= 0.6 is 23.4 Å². The number of hydrogen-bond donors (Lipinski definition) is 1. The quantitative estimate of drug-likeness (QED) is 0.520. The summed E-state index contributed by atoms with van der Waals surface area (Å²) in [6.45, 7) is 4.82. The van der Waals surface area contributed by atoms with Crippen LogP contribution in [0.15, 0.2) is 28.2 Å². The summed E-state index contributed by atoms with van der Waals surface area (Å²) < 4.78 is 6.64. The number of ether oxygens (including phenoxy) is 1. The summed E-state index contributed by atoms with van der Waals surface area (Å²) in [4.78, 5) is 29.5. The Hall–Kier alpha value is -1.57. The van der Waals surface area contributed by atoms with Gasteiger partial charge in [-0.05, 0) is 31.5 Å². The van der Waals surface area contributed by atoms with Crippen molar-refractivity contribution >= 4 is 40.2 Å². The third kappa shape index (κ3) is 5.46. The van der Waals surface area contributed by atoms with Gasteiger partial charge in [-0.1, -0.05) is 36.7 Å². The van der Waals surface area contributed by atoms with Gasteiger partial charge in [0.05, 0.1) is 29.8 Å². The van der Waals surface area contributed by atoms with Gasteiger partial charge in [-0.3, -0.25) is 14.2 Å². The number of nitrogens with one attached hydrogen (secondary N) is 1. The SMILES string of the molecule is CCCC(C)NC(=O)CSc1nc2cc(Cl)ccc2c(=O)n1CCOC. The van der Waals surface area contributed by atoms with Gasteiger partial charge in [0.15, 0.2) is 5.16 Å². The lowest BCUT2D eigenvalue weighted by Crippen LogP contribution is -2.34. The van der Waals surface area contributed by atoms with Crippen molar-refractivity contribution in [3.05, 3.63) is 33.6 Å². The Morgan fingerprint density at radius 2 is 2.23 bits per heavy atom. The number of carbonyl (C=O) groups excluding carboxylic acids is 1. The molecule has 1 heterocycles. The molecule has 0 aliphatic heterocycles. The normalized spacial score (nSPS) is 12.3. The number of nitrogens with zero attached hydrogens (tertiary/aromatic N) is 2. The van der Waals surface area contributed by atoms with Crippen molar-refractivity contribution in [2.45, 2.75) is 44.4 Å². The summed E-state index contributed by atoms with van der Waals surface area (Å²) in [5.41, 5.74) is 0.365. The minimum Gasteiger partial charge on any atom is -0.383 e. The van der Waals surface area contributed by atoms with Gasteiger partial charge in [0, 0.05) is 18.2 Å². The molecule has 0 aliphatic rings. The smallest absolute Gasteiger partial charge is 0.262 e. The Balaban J connectivity index is 2.26. The Kier molecular flexibility index (Phi) is 7.93. The molecule has 0 saturated carbocycles. The average Bonchev–Trinajstić information content (AvgIpc) is 2.59. The molecule has 6 nitrogen and oxygen atoms in total. The summed E-state index contributed by atoms with van der Waals surface area (Å²) in [6.07, 6.45) is 1.94. The van der Waals surface area contributed by atoms with E-state index in [4.69, 9.17) is 16.3 Å². The number of carbonyl (C=O) groups is 1. The molecule has 0 spiro atoms. The molecule has 1 aromatic carbocycles. The molecule has 2 aromatic rings. The second-order valence-corrected chi connectivity index (χ2v) is 7.43. The van der Waals surface area contributed by atoms with E-state index in [-0.39, 0.29) is 23.3 Å². The van der Waals surface area contributed by atoms with Gasteiger partial charge < -0.3 is 10.1 Å². The predicted octanol–water partition coefficient (Wildman–Crippen LogP) is 3.09. The molecule has 1 atom stereocenters. The van der Waals surface area contributed by atoms with Crippen LogP contribution in [0.1, 0.15) is 26.7 Å². The minimum atomic E-state index is -0.161. The summed E-state index contributed by atoms with van der Waals surface area (Å²) in [5.74, 6) is 0.120. The van der Waals surface area contributed by atoms with E-state index in [1.807, 2.05) is 6.92 Å². The van der Waals surface area contributed by atoms with E-state index in [0.29, 0.717) is 34.2 Å². The van der Waals surface area contributed by atoms with Crippen molar-refractivity contribution in [3.8, 4) is 0 Å². The predicted molar refractivity (Wildman–Crippen MR) is 106 cm³/mol. The van der Waals surface area contributed by atoms with Crippen LogP contribution in [0.4, 0.5) is 0 Å². The van der Waals surface area contributed by atoms with Crippen molar-refractivity contribution in [2.24, 2.45) is 0 Å². The first kappa shape index (κ1) is 20.7. The third-order valence-corrected chi connectivity index (χ3v) is 5.07. The van der Waals surface area contributed by atoms with E-state index in [1.165, 1.54) is 11.8 Å². The Labute approximate surface area is 162 Å². The number of aromatic nitrogens is 2. The molecule has 0 radical (unpaired) electrons. The zero-order valence-corrected chi connectivity index (χ0v) is 16.8. The van der Waals surface area contributed by atoms with E-state index in [1.54, 1.807) is 29.9 Å².